The molecule has 0 bridgehead atoms. The fourth-order valence-electron chi connectivity index (χ4n) is 1.96. The highest BCUT2D eigenvalue weighted by Crippen LogP contribution is 2.28. The van der Waals surface area contributed by atoms with E-state index in [-0.39, 0.29) is 18.3 Å². The molecule has 1 rings (SSSR count). The largest absolute Gasteiger partial charge is 0.444 e. The molecule has 0 aliphatic rings. The smallest absolute Gasteiger partial charge is 0.405 e. The first-order chi connectivity index (χ1) is 8.34. The summed E-state index contributed by atoms with van der Waals surface area (Å²) < 4.78 is 18.1. The second-order valence-electron chi connectivity index (χ2n) is 4.82. The number of rotatable bonds is 5. The maximum absolute atomic E-state index is 13.1. The molecule has 0 radical (unpaired) electrons. The molecule has 1 aromatic rings. The van der Waals surface area contributed by atoms with Gasteiger partial charge < -0.3 is 15.6 Å². The van der Waals surface area contributed by atoms with Crippen LogP contribution < -0.4 is 5.73 Å². The summed E-state index contributed by atoms with van der Waals surface area (Å²) in [6.07, 6.45) is -0.508. The lowest BCUT2D eigenvalue weighted by Crippen LogP contribution is -2.33. The van der Waals surface area contributed by atoms with Gasteiger partial charge in [0, 0.05) is 5.92 Å². The number of hydrogen-bond acceptors (Lipinski definition) is 3. The van der Waals surface area contributed by atoms with Crippen molar-refractivity contribution < 1.29 is 19.0 Å². The first kappa shape index (κ1) is 14.4. The van der Waals surface area contributed by atoms with Crippen LogP contribution in [0.4, 0.5) is 9.18 Å². The molecule has 18 heavy (non-hydrogen) atoms. The molecule has 0 spiro atoms. The molecular weight excluding hydrogens is 237 g/mol. The molecule has 0 aliphatic heterocycles. The predicted octanol–water partition coefficient (Wildman–Crippen LogP) is 2.17. The lowest BCUT2D eigenvalue weighted by Gasteiger charge is -2.28. The first-order valence-corrected chi connectivity index (χ1v) is 5.69. The Morgan fingerprint density at radius 2 is 2.22 bits per heavy atom. The summed E-state index contributed by atoms with van der Waals surface area (Å²) in [6, 6.07) is 6.00. The van der Waals surface area contributed by atoms with Crippen molar-refractivity contribution >= 4 is 6.09 Å². The summed E-state index contributed by atoms with van der Waals surface area (Å²) in [5, 5.41) is 9.37. The molecule has 1 amide bonds. The van der Waals surface area contributed by atoms with E-state index in [2.05, 4.69) is 0 Å². The van der Waals surface area contributed by atoms with Crippen LogP contribution in [-0.4, -0.2) is 23.4 Å². The Kier molecular flexibility index (Phi) is 4.67. The van der Waals surface area contributed by atoms with Gasteiger partial charge in [0.25, 0.3) is 0 Å². The molecule has 1 atom stereocenters. The Morgan fingerprint density at radius 1 is 1.56 bits per heavy atom. The van der Waals surface area contributed by atoms with Crippen LogP contribution in [0.1, 0.15) is 31.7 Å². The third-order valence-corrected chi connectivity index (χ3v) is 2.66. The number of aliphatic hydroxyl groups excluding tert-OH is 1. The van der Waals surface area contributed by atoms with Crippen LogP contribution in [0.15, 0.2) is 24.3 Å². The van der Waals surface area contributed by atoms with Crippen molar-refractivity contribution in [2.24, 2.45) is 5.73 Å². The van der Waals surface area contributed by atoms with Gasteiger partial charge >= 0.3 is 6.09 Å². The molecular formula is C13H18FNO3. The van der Waals surface area contributed by atoms with Crippen LogP contribution in [0.3, 0.4) is 0 Å². The van der Waals surface area contributed by atoms with Crippen molar-refractivity contribution in [1.29, 1.82) is 0 Å². The maximum atomic E-state index is 13.1. The molecule has 0 aliphatic carbocycles. The lowest BCUT2D eigenvalue weighted by atomic mass is 9.88. The monoisotopic (exact) mass is 255 g/mol. The van der Waals surface area contributed by atoms with Crippen molar-refractivity contribution in [2.75, 3.05) is 6.61 Å². The minimum absolute atomic E-state index is 0.158. The molecule has 100 valence electrons. The van der Waals surface area contributed by atoms with Crippen molar-refractivity contribution in [3.05, 3.63) is 35.6 Å². The van der Waals surface area contributed by atoms with Crippen molar-refractivity contribution in [2.45, 2.75) is 31.8 Å². The molecule has 0 aromatic heterocycles. The number of primary amides is 1. The van der Waals surface area contributed by atoms with E-state index in [1.54, 1.807) is 26.0 Å². The van der Waals surface area contributed by atoms with Gasteiger partial charge in [-0.2, -0.15) is 0 Å². The fraction of sp³-hybridized carbons (Fsp3) is 0.462. The molecule has 1 aromatic carbocycles. The Hall–Kier alpha value is -1.62. The number of ether oxygens (including phenoxy) is 1. The standard InChI is InChI=1S/C13H18FNO3/c1-13(2,18-12(15)17)7-10(8-16)9-4-3-5-11(14)6-9/h3-6,10,16H,7-8H2,1-2H3,(H2,15,17). The zero-order valence-electron chi connectivity index (χ0n) is 10.5. The predicted molar refractivity (Wildman–Crippen MR) is 65.6 cm³/mol. The third kappa shape index (κ3) is 4.33. The number of carbonyl (C=O) groups excluding carboxylic acids is 1. The van der Waals surface area contributed by atoms with E-state index in [1.807, 2.05) is 0 Å². The quantitative estimate of drug-likeness (QED) is 0.846. The van der Waals surface area contributed by atoms with Gasteiger partial charge in [0.05, 0.1) is 6.61 Å². The van der Waals surface area contributed by atoms with E-state index in [1.165, 1.54) is 12.1 Å². The van der Waals surface area contributed by atoms with Gasteiger partial charge in [-0.1, -0.05) is 12.1 Å². The fourth-order valence-corrected chi connectivity index (χ4v) is 1.96. The van der Waals surface area contributed by atoms with Gasteiger partial charge in [-0.05, 0) is 38.0 Å². The molecule has 0 saturated carbocycles. The van der Waals surface area contributed by atoms with Crippen molar-refractivity contribution in [3.8, 4) is 0 Å². The highest BCUT2D eigenvalue weighted by atomic mass is 19.1. The third-order valence-electron chi connectivity index (χ3n) is 2.66. The summed E-state index contributed by atoms with van der Waals surface area (Å²) in [5.74, 6) is -0.672. The molecule has 0 fully saturated rings. The lowest BCUT2D eigenvalue weighted by molar-refractivity contribution is 0.0285. The van der Waals surface area contributed by atoms with Gasteiger partial charge in [-0.25, -0.2) is 9.18 Å². The molecule has 1 unspecified atom stereocenters. The number of aliphatic hydroxyl groups is 1. The second kappa shape index (κ2) is 5.82. The Balaban J connectivity index is 2.82. The van der Waals surface area contributed by atoms with Crippen molar-refractivity contribution in [3.63, 3.8) is 0 Å². The SMILES string of the molecule is CC(C)(CC(CO)c1cccc(F)c1)OC(N)=O. The molecule has 5 heteroatoms. The summed E-state index contributed by atoms with van der Waals surface area (Å²) in [4.78, 5) is 10.8. The molecule has 0 heterocycles. The van der Waals surface area contributed by atoms with Crippen molar-refractivity contribution in [1.82, 2.24) is 0 Å². The van der Waals surface area contributed by atoms with E-state index < -0.39 is 11.7 Å². The topological polar surface area (TPSA) is 72.6 Å². The number of nitrogens with two attached hydrogens (primary N) is 1. The van der Waals surface area contributed by atoms with Gasteiger partial charge in [0.1, 0.15) is 11.4 Å². The first-order valence-electron chi connectivity index (χ1n) is 5.69. The van der Waals surface area contributed by atoms with E-state index in [0.29, 0.717) is 12.0 Å². The second-order valence-corrected chi connectivity index (χ2v) is 4.82. The molecule has 0 saturated heterocycles. The van der Waals surface area contributed by atoms with Gasteiger partial charge in [0.2, 0.25) is 0 Å². The number of carbonyl (C=O) groups is 1. The van der Waals surface area contributed by atoms with E-state index in [9.17, 15) is 14.3 Å². The molecule has 3 N–H and O–H groups in total. The van der Waals surface area contributed by atoms with Crippen LogP contribution in [0.25, 0.3) is 0 Å². The number of halogens is 1. The number of hydrogen-bond donors (Lipinski definition) is 2. The summed E-state index contributed by atoms with van der Waals surface area (Å²) in [6.45, 7) is 3.23. The Labute approximate surface area is 106 Å². The normalized spacial score (nSPS) is 13.1. The van der Waals surface area contributed by atoms with E-state index >= 15 is 0 Å². The zero-order valence-corrected chi connectivity index (χ0v) is 10.5. The number of benzene rings is 1. The summed E-state index contributed by atoms with van der Waals surface area (Å²) >= 11 is 0. The van der Waals surface area contributed by atoms with E-state index in [4.69, 9.17) is 10.5 Å². The summed E-state index contributed by atoms with van der Waals surface area (Å²) in [7, 11) is 0. The van der Waals surface area contributed by atoms with Crippen LogP contribution >= 0.6 is 0 Å². The van der Waals surface area contributed by atoms with Crippen LogP contribution in [-0.2, 0) is 4.74 Å². The van der Waals surface area contributed by atoms with Crippen LogP contribution in [0.2, 0.25) is 0 Å². The van der Waals surface area contributed by atoms with Gasteiger partial charge in [-0.15, -0.1) is 0 Å². The van der Waals surface area contributed by atoms with E-state index in [0.717, 1.165) is 0 Å². The zero-order chi connectivity index (χ0) is 13.8. The maximum Gasteiger partial charge on any atom is 0.405 e. The average Bonchev–Trinajstić information content (AvgIpc) is 2.24. The molecule has 4 nitrogen and oxygen atoms in total. The summed E-state index contributed by atoms with van der Waals surface area (Å²) in [5.41, 5.74) is 4.83. The van der Waals surface area contributed by atoms with Crippen LogP contribution in [0.5, 0.6) is 0 Å². The highest BCUT2D eigenvalue weighted by Gasteiger charge is 2.27. The van der Waals surface area contributed by atoms with Gasteiger partial charge in [0.15, 0.2) is 0 Å². The minimum Gasteiger partial charge on any atom is -0.444 e. The highest BCUT2D eigenvalue weighted by molar-refractivity contribution is 5.65. The van der Waals surface area contributed by atoms with Crippen LogP contribution in [0, 0.1) is 5.82 Å². The Bertz CT molecular complexity index is 420. The average molecular weight is 255 g/mol. The Morgan fingerprint density at radius 3 is 2.72 bits per heavy atom. The number of amides is 1. The van der Waals surface area contributed by atoms with Gasteiger partial charge in [-0.3, -0.25) is 0 Å². The minimum atomic E-state index is -0.865.